The molecule has 0 atom stereocenters. The Morgan fingerprint density at radius 1 is 1.60 bits per heavy atom. The van der Waals surface area contributed by atoms with Crippen molar-refractivity contribution in [1.29, 1.82) is 0 Å². The van der Waals surface area contributed by atoms with E-state index in [4.69, 9.17) is 5.11 Å². The normalized spacial score (nSPS) is 9.80. The highest BCUT2D eigenvalue weighted by molar-refractivity contribution is 5.83. The molecule has 0 unspecified atom stereocenters. The molecular formula is C6H8N2O2. The highest BCUT2D eigenvalue weighted by atomic mass is 16.4. The molecule has 1 aromatic rings. The van der Waals surface area contributed by atoms with Crippen molar-refractivity contribution in [3.63, 3.8) is 0 Å². The number of carbonyl (C=O) groups is 1. The van der Waals surface area contributed by atoms with Crippen LogP contribution in [0.15, 0.2) is 0 Å². The number of aromatic carboxylic acids is 1. The molecule has 0 saturated carbocycles. The van der Waals surface area contributed by atoms with Crippen LogP contribution >= 0.6 is 0 Å². The van der Waals surface area contributed by atoms with Gasteiger partial charge in [-0.25, -0.2) is 9.78 Å². The number of carboxylic acid groups (broad SMARTS) is 1. The van der Waals surface area contributed by atoms with Crippen molar-refractivity contribution in [3.8, 4) is 0 Å². The molecule has 0 radical (unpaired) electrons. The third-order valence-electron chi connectivity index (χ3n) is 1.33. The average molecular weight is 140 g/mol. The minimum atomic E-state index is -1.02. The first-order chi connectivity index (χ1) is 4.61. The number of rotatable bonds is 1. The fourth-order valence-corrected chi connectivity index (χ4v) is 0.649. The second kappa shape index (κ2) is 2.13. The Kier molecular flexibility index (Phi) is 1.45. The van der Waals surface area contributed by atoms with E-state index in [1.807, 2.05) is 0 Å². The van der Waals surface area contributed by atoms with E-state index in [1.54, 1.807) is 13.8 Å². The van der Waals surface area contributed by atoms with Crippen LogP contribution in [0.3, 0.4) is 0 Å². The molecule has 0 saturated heterocycles. The van der Waals surface area contributed by atoms with E-state index in [-0.39, 0.29) is 5.82 Å². The predicted octanol–water partition coefficient (Wildman–Crippen LogP) is 0.725. The van der Waals surface area contributed by atoms with Gasteiger partial charge >= 0.3 is 5.97 Å². The Bertz CT molecular complexity index is 245. The van der Waals surface area contributed by atoms with E-state index in [0.29, 0.717) is 0 Å². The summed E-state index contributed by atoms with van der Waals surface area (Å²) >= 11 is 0. The van der Waals surface area contributed by atoms with E-state index in [2.05, 4.69) is 9.97 Å². The molecule has 0 spiro atoms. The Hall–Kier alpha value is -1.32. The zero-order chi connectivity index (χ0) is 7.72. The standard InChI is InChI=1S/C6H8N2O2/c1-3-4(2)8-5(7-3)6(9)10/h1-2H3,(H,7,8)(H,9,10). The van der Waals surface area contributed by atoms with Crippen LogP contribution < -0.4 is 0 Å². The monoisotopic (exact) mass is 140 g/mol. The summed E-state index contributed by atoms with van der Waals surface area (Å²) in [6.45, 7) is 3.55. The van der Waals surface area contributed by atoms with Gasteiger partial charge in [0.1, 0.15) is 0 Å². The summed E-state index contributed by atoms with van der Waals surface area (Å²) in [6, 6.07) is 0. The molecule has 4 nitrogen and oxygen atoms in total. The summed E-state index contributed by atoms with van der Waals surface area (Å²) in [4.78, 5) is 16.7. The summed E-state index contributed by atoms with van der Waals surface area (Å²) in [5.41, 5.74) is 1.54. The quantitative estimate of drug-likeness (QED) is 0.604. The minimum absolute atomic E-state index is 0.00926. The van der Waals surface area contributed by atoms with Crippen LogP contribution in [-0.4, -0.2) is 21.0 Å². The molecule has 1 rings (SSSR count). The number of aromatic amines is 1. The molecule has 0 aromatic carbocycles. The van der Waals surface area contributed by atoms with Crippen molar-refractivity contribution in [2.24, 2.45) is 0 Å². The van der Waals surface area contributed by atoms with Gasteiger partial charge in [-0.15, -0.1) is 0 Å². The van der Waals surface area contributed by atoms with Crippen LogP contribution in [0.25, 0.3) is 0 Å². The lowest BCUT2D eigenvalue weighted by atomic mass is 10.4. The number of aromatic nitrogens is 2. The number of nitrogens with one attached hydrogen (secondary N) is 1. The molecule has 1 aromatic heterocycles. The van der Waals surface area contributed by atoms with Crippen molar-refractivity contribution in [3.05, 3.63) is 17.2 Å². The first-order valence-electron chi connectivity index (χ1n) is 2.87. The van der Waals surface area contributed by atoms with Crippen molar-refractivity contribution in [2.75, 3.05) is 0 Å². The smallest absolute Gasteiger partial charge is 0.371 e. The molecule has 4 heteroatoms. The van der Waals surface area contributed by atoms with Gasteiger partial charge in [-0.2, -0.15) is 0 Å². The van der Waals surface area contributed by atoms with Gasteiger partial charge in [-0.3, -0.25) is 0 Å². The lowest BCUT2D eigenvalue weighted by molar-refractivity contribution is 0.0684. The topological polar surface area (TPSA) is 66.0 Å². The van der Waals surface area contributed by atoms with Gasteiger partial charge in [0.05, 0.1) is 5.69 Å². The number of aryl methyl sites for hydroxylation is 2. The summed E-state index contributed by atoms with van der Waals surface area (Å²) in [5.74, 6) is -1.01. The fourth-order valence-electron chi connectivity index (χ4n) is 0.649. The van der Waals surface area contributed by atoms with Gasteiger partial charge in [0, 0.05) is 5.69 Å². The summed E-state index contributed by atoms with van der Waals surface area (Å²) in [6.07, 6.45) is 0. The van der Waals surface area contributed by atoms with Gasteiger partial charge in [0.25, 0.3) is 0 Å². The van der Waals surface area contributed by atoms with Gasteiger partial charge in [0.15, 0.2) is 0 Å². The maximum atomic E-state index is 10.3. The van der Waals surface area contributed by atoms with E-state index in [0.717, 1.165) is 11.4 Å². The van der Waals surface area contributed by atoms with Gasteiger partial charge in [-0.1, -0.05) is 0 Å². The number of carboxylic acids is 1. The summed E-state index contributed by atoms with van der Waals surface area (Å²) in [5, 5.41) is 8.43. The van der Waals surface area contributed by atoms with Crippen LogP contribution in [0.4, 0.5) is 0 Å². The van der Waals surface area contributed by atoms with Gasteiger partial charge in [0.2, 0.25) is 5.82 Å². The second-order valence-electron chi connectivity index (χ2n) is 2.10. The number of hydrogen-bond acceptors (Lipinski definition) is 2. The molecule has 2 N–H and O–H groups in total. The first kappa shape index (κ1) is 6.80. The highest BCUT2D eigenvalue weighted by Gasteiger charge is 2.07. The molecule has 0 aliphatic heterocycles. The molecule has 0 bridgehead atoms. The molecule has 54 valence electrons. The average Bonchev–Trinajstić information content (AvgIpc) is 2.13. The number of nitrogens with zero attached hydrogens (tertiary/aromatic N) is 1. The third-order valence-corrected chi connectivity index (χ3v) is 1.33. The summed E-state index contributed by atoms with van der Waals surface area (Å²) < 4.78 is 0. The van der Waals surface area contributed by atoms with Crippen molar-refractivity contribution >= 4 is 5.97 Å². The third kappa shape index (κ3) is 1.00. The molecule has 1 heterocycles. The van der Waals surface area contributed by atoms with Crippen LogP contribution in [0.5, 0.6) is 0 Å². The molecular weight excluding hydrogens is 132 g/mol. The molecule has 10 heavy (non-hydrogen) atoms. The van der Waals surface area contributed by atoms with Crippen LogP contribution in [0.2, 0.25) is 0 Å². The zero-order valence-corrected chi connectivity index (χ0v) is 5.80. The number of hydrogen-bond donors (Lipinski definition) is 2. The predicted molar refractivity (Wildman–Crippen MR) is 35.0 cm³/mol. The molecule has 0 amide bonds. The number of imidazole rings is 1. The molecule has 0 aliphatic carbocycles. The largest absolute Gasteiger partial charge is 0.475 e. The van der Waals surface area contributed by atoms with Crippen LogP contribution in [-0.2, 0) is 0 Å². The minimum Gasteiger partial charge on any atom is -0.475 e. The summed E-state index contributed by atoms with van der Waals surface area (Å²) in [7, 11) is 0. The van der Waals surface area contributed by atoms with Crippen LogP contribution in [0.1, 0.15) is 22.0 Å². The first-order valence-corrected chi connectivity index (χ1v) is 2.87. The lowest BCUT2D eigenvalue weighted by Crippen LogP contribution is -1.98. The Morgan fingerprint density at radius 3 is 2.40 bits per heavy atom. The SMILES string of the molecule is Cc1nc(C(=O)O)[nH]c1C. The fraction of sp³-hybridized carbons (Fsp3) is 0.333. The van der Waals surface area contributed by atoms with Crippen molar-refractivity contribution < 1.29 is 9.90 Å². The van der Waals surface area contributed by atoms with E-state index < -0.39 is 5.97 Å². The van der Waals surface area contributed by atoms with Gasteiger partial charge in [-0.05, 0) is 13.8 Å². The Balaban J connectivity index is 3.10. The molecule has 0 fully saturated rings. The maximum absolute atomic E-state index is 10.3. The van der Waals surface area contributed by atoms with Crippen molar-refractivity contribution in [2.45, 2.75) is 13.8 Å². The second-order valence-corrected chi connectivity index (χ2v) is 2.10. The Morgan fingerprint density at radius 2 is 2.20 bits per heavy atom. The zero-order valence-electron chi connectivity index (χ0n) is 5.80. The van der Waals surface area contributed by atoms with E-state index in [9.17, 15) is 4.79 Å². The Labute approximate surface area is 57.9 Å². The highest BCUT2D eigenvalue weighted by Crippen LogP contribution is 2.01. The van der Waals surface area contributed by atoms with E-state index in [1.165, 1.54) is 0 Å². The van der Waals surface area contributed by atoms with E-state index >= 15 is 0 Å². The van der Waals surface area contributed by atoms with Crippen molar-refractivity contribution in [1.82, 2.24) is 9.97 Å². The van der Waals surface area contributed by atoms with Gasteiger partial charge < -0.3 is 10.1 Å². The lowest BCUT2D eigenvalue weighted by Gasteiger charge is -1.81. The number of H-pyrrole nitrogens is 1. The maximum Gasteiger partial charge on any atom is 0.371 e. The molecule has 0 aliphatic rings. The van der Waals surface area contributed by atoms with Crippen LogP contribution in [0, 0.1) is 13.8 Å².